The van der Waals surface area contributed by atoms with E-state index >= 15 is 0 Å². The van der Waals surface area contributed by atoms with Gasteiger partial charge in [-0.3, -0.25) is 9.59 Å². The first kappa shape index (κ1) is 24.0. The summed E-state index contributed by atoms with van der Waals surface area (Å²) in [7, 11) is 0. The largest absolute Gasteiger partial charge is 0.395 e. The zero-order chi connectivity index (χ0) is 24.2. The summed E-state index contributed by atoms with van der Waals surface area (Å²) in [5.74, 6) is 2.09. The van der Waals surface area contributed by atoms with Gasteiger partial charge in [0.25, 0.3) is 0 Å². The molecule has 0 aromatic carbocycles. The van der Waals surface area contributed by atoms with Crippen molar-refractivity contribution in [2.24, 2.45) is 56.2 Å². The molecular weight excluding hydrogens is 408 g/mol. The lowest BCUT2D eigenvalue weighted by atomic mass is 9.29. The second-order valence-corrected chi connectivity index (χ2v) is 15.1. The van der Waals surface area contributed by atoms with E-state index in [2.05, 4.69) is 48.5 Å². The van der Waals surface area contributed by atoms with Gasteiger partial charge in [0.1, 0.15) is 11.6 Å². The van der Waals surface area contributed by atoms with Crippen molar-refractivity contribution in [3.63, 3.8) is 0 Å². The van der Waals surface area contributed by atoms with Crippen LogP contribution in [0, 0.1) is 56.2 Å². The molecule has 9 atom stereocenters. The van der Waals surface area contributed by atoms with Gasteiger partial charge in [-0.2, -0.15) is 0 Å². The van der Waals surface area contributed by atoms with Crippen LogP contribution in [-0.4, -0.2) is 23.3 Å². The smallest absolute Gasteiger partial charge is 0.142 e. The van der Waals surface area contributed by atoms with Crippen molar-refractivity contribution in [1.82, 2.24) is 0 Å². The summed E-state index contributed by atoms with van der Waals surface area (Å²) in [5.41, 5.74) is -0.328. The van der Waals surface area contributed by atoms with Gasteiger partial charge in [0.05, 0.1) is 12.0 Å². The quantitative estimate of drug-likeness (QED) is 0.483. The lowest BCUT2D eigenvalue weighted by molar-refractivity contribution is -0.256. The van der Waals surface area contributed by atoms with Crippen LogP contribution in [0.1, 0.15) is 113 Å². The van der Waals surface area contributed by atoms with E-state index in [1.165, 1.54) is 12.8 Å². The first-order valence-corrected chi connectivity index (χ1v) is 13.9. The zero-order valence-electron chi connectivity index (χ0n) is 22.4. The molecule has 5 rings (SSSR count). The second-order valence-electron chi connectivity index (χ2n) is 15.1. The number of rotatable bonds is 1. The lowest BCUT2D eigenvalue weighted by Gasteiger charge is -2.74. The number of aliphatic hydroxyl groups is 1. The maximum Gasteiger partial charge on any atom is 0.142 e. The highest BCUT2D eigenvalue weighted by Gasteiger charge is 2.75. The van der Waals surface area contributed by atoms with Crippen LogP contribution >= 0.6 is 0 Å². The molecule has 5 aliphatic rings. The molecule has 9 unspecified atom stereocenters. The van der Waals surface area contributed by atoms with E-state index < -0.39 is 5.41 Å². The molecule has 3 nitrogen and oxygen atoms in total. The number of aliphatic hydroxyl groups excluding tert-OH is 1. The molecule has 0 spiro atoms. The molecule has 186 valence electrons. The van der Waals surface area contributed by atoms with Gasteiger partial charge >= 0.3 is 0 Å². The maximum atomic E-state index is 14.3. The second kappa shape index (κ2) is 6.95. The molecule has 0 amide bonds. The third kappa shape index (κ3) is 2.78. The van der Waals surface area contributed by atoms with Gasteiger partial charge in [-0.1, -0.05) is 48.5 Å². The van der Waals surface area contributed by atoms with Crippen LogP contribution in [0.3, 0.4) is 0 Å². The molecule has 5 aliphatic carbocycles. The highest BCUT2D eigenvalue weighted by molar-refractivity contribution is 5.88. The van der Waals surface area contributed by atoms with Crippen molar-refractivity contribution in [2.75, 3.05) is 6.61 Å². The molecule has 0 heterocycles. The Morgan fingerprint density at radius 3 is 2.18 bits per heavy atom. The minimum Gasteiger partial charge on any atom is -0.395 e. The summed E-state index contributed by atoms with van der Waals surface area (Å²) >= 11 is 0. The van der Waals surface area contributed by atoms with E-state index in [4.69, 9.17) is 0 Å². The number of hydrogen-bond acceptors (Lipinski definition) is 3. The fraction of sp³-hybridized carbons (Fsp3) is 0.933. The molecule has 0 saturated heterocycles. The van der Waals surface area contributed by atoms with Gasteiger partial charge in [-0.05, 0) is 96.2 Å². The fourth-order valence-electron chi connectivity index (χ4n) is 11.1. The Kier molecular flexibility index (Phi) is 5.06. The Bertz CT molecular complexity index is 876. The van der Waals surface area contributed by atoms with Crippen molar-refractivity contribution >= 4 is 11.6 Å². The van der Waals surface area contributed by atoms with Crippen molar-refractivity contribution in [1.29, 1.82) is 0 Å². The molecule has 33 heavy (non-hydrogen) atoms. The monoisotopic (exact) mass is 456 g/mol. The van der Waals surface area contributed by atoms with Gasteiger partial charge in [0.15, 0.2) is 0 Å². The molecule has 5 fully saturated rings. The SMILES string of the molecule is CC1C(=O)CCC2C1(C)CCC1C2(C)CCC2(C)C3CC(C)(C)CCC3(C)CC(=O)C12CO. The number of carbonyl (C=O) groups excluding carboxylic acids is 2. The molecule has 0 aromatic heterocycles. The Labute approximate surface area is 201 Å². The average molecular weight is 457 g/mol. The van der Waals surface area contributed by atoms with E-state index in [1.807, 2.05) is 0 Å². The van der Waals surface area contributed by atoms with E-state index in [-0.39, 0.29) is 40.1 Å². The van der Waals surface area contributed by atoms with Crippen molar-refractivity contribution in [3.05, 3.63) is 0 Å². The van der Waals surface area contributed by atoms with Gasteiger partial charge in [-0.15, -0.1) is 0 Å². The van der Waals surface area contributed by atoms with Crippen LogP contribution in [0.4, 0.5) is 0 Å². The number of fused-ring (bicyclic) bond motifs is 7. The van der Waals surface area contributed by atoms with Gasteiger partial charge in [-0.25, -0.2) is 0 Å². The highest BCUT2D eigenvalue weighted by atomic mass is 16.3. The Balaban J connectivity index is 1.62. The van der Waals surface area contributed by atoms with Crippen LogP contribution in [-0.2, 0) is 9.59 Å². The summed E-state index contributed by atoms with van der Waals surface area (Å²) in [4.78, 5) is 27.1. The third-order valence-corrected chi connectivity index (χ3v) is 13.4. The summed E-state index contributed by atoms with van der Waals surface area (Å²) < 4.78 is 0. The summed E-state index contributed by atoms with van der Waals surface area (Å²) in [6.45, 7) is 16.6. The predicted octanol–water partition coefficient (Wildman–Crippen LogP) is 6.61. The lowest BCUT2D eigenvalue weighted by Crippen LogP contribution is -2.72. The highest BCUT2D eigenvalue weighted by Crippen LogP contribution is 2.77. The minimum absolute atomic E-state index is 0.00746. The molecule has 0 aliphatic heterocycles. The molecule has 1 N–H and O–H groups in total. The van der Waals surface area contributed by atoms with Gasteiger partial charge < -0.3 is 5.11 Å². The van der Waals surface area contributed by atoms with Crippen LogP contribution in [0.25, 0.3) is 0 Å². The zero-order valence-corrected chi connectivity index (χ0v) is 22.4. The first-order valence-electron chi connectivity index (χ1n) is 13.9. The van der Waals surface area contributed by atoms with Gasteiger partial charge in [0, 0.05) is 18.8 Å². The van der Waals surface area contributed by atoms with E-state index in [1.54, 1.807) is 0 Å². The topological polar surface area (TPSA) is 54.4 Å². The normalized spacial score (nSPS) is 55.8. The van der Waals surface area contributed by atoms with Crippen molar-refractivity contribution in [2.45, 2.75) is 113 Å². The third-order valence-electron chi connectivity index (χ3n) is 13.4. The summed E-state index contributed by atoms with van der Waals surface area (Å²) in [6, 6.07) is 0. The standard InChI is InChI=1S/C30H48O3/c1-19-20(32)8-9-21-27(19,5)11-10-22-28(21,6)14-15-29(7)23-16-25(2,3)12-13-26(23,4)17-24(33)30(22,29)18-31/h19,21-23,31H,8-18H2,1-7H3. The van der Waals surface area contributed by atoms with Crippen LogP contribution in [0.2, 0.25) is 0 Å². The van der Waals surface area contributed by atoms with Crippen LogP contribution in [0.5, 0.6) is 0 Å². The summed E-state index contributed by atoms with van der Waals surface area (Å²) in [5, 5.41) is 11.2. The predicted molar refractivity (Wildman–Crippen MR) is 132 cm³/mol. The molecular formula is C30H48O3. The minimum atomic E-state index is -0.621. The Hall–Kier alpha value is -0.700. The van der Waals surface area contributed by atoms with E-state index in [0.717, 1.165) is 38.5 Å². The Morgan fingerprint density at radius 2 is 1.52 bits per heavy atom. The van der Waals surface area contributed by atoms with Crippen LogP contribution in [0.15, 0.2) is 0 Å². The number of carbonyl (C=O) groups is 2. The molecule has 0 radical (unpaired) electrons. The maximum absolute atomic E-state index is 14.3. The first-order chi connectivity index (χ1) is 15.2. The van der Waals surface area contributed by atoms with Gasteiger partial charge in [0.2, 0.25) is 0 Å². The molecule has 0 aromatic rings. The van der Waals surface area contributed by atoms with E-state index in [9.17, 15) is 14.7 Å². The Morgan fingerprint density at radius 1 is 0.818 bits per heavy atom. The average Bonchev–Trinajstić information content (AvgIpc) is 2.73. The number of Topliss-reactive ketones (excluding diaryl/α,β-unsaturated/α-hetero) is 2. The van der Waals surface area contributed by atoms with Crippen molar-refractivity contribution < 1.29 is 14.7 Å². The number of hydrogen-bond donors (Lipinski definition) is 1. The molecule has 3 heteroatoms. The molecule has 0 bridgehead atoms. The fourth-order valence-corrected chi connectivity index (χ4v) is 11.1. The van der Waals surface area contributed by atoms with E-state index in [0.29, 0.717) is 41.7 Å². The van der Waals surface area contributed by atoms with Crippen LogP contribution < -0.4 is 0 Å². The number of ketones is 2. The summed E-state index contributed by atoms with van der Waals surface area (Å²) in [6.07, 6.45) is 9.98. The molecule has 5 saturated carbocycles. The van der Waals surface area contributed by atoms with Crippen molar-refractivity contribution in [3.8, 4) is 0 Å².